The summed E-state index contributed by atoms with van der Waals surface area (Å²) in [5, 5.41) is 18.0. The number of carbonyl (C=O) groups excluding carboxylic acids is 3. The third-order valence-corrected chi connectivity index (χ3v) is 6.72. The van der Waals surface area contributed by atoms with Crippen LogP contribution in [0.2, 0.25) is 0 Å². The summed E-state index contributed by atoms with van der Waals surface area (Å²) in [5.74, 6) is -2.19. The standard InChI is InChI=1S/C20H27N7O7S2/c1-9-8-35-16-11(15(29)27(16)12(9)17(30)31)23-14(28)10(13-24-18(21)36-26-13)25-33-7-5-6-22-19(32)34-20(2,3)4/h11,16H,5-8H2,1-4H3,(H,22,32)(H,23,28)(H,30,31)(H2,21,24,26)/b25-10+/t11?,16-/m1/s1. The Morgan fingerprint density at radius 2 is 2.06 bits per heavy atom. The number of carboxylic acid groups (broad SMARTS) is 1. The van der Waals surface area contributed by atoms with E-state index in [1.54, 1.807) is 27.7 Å². The van der Waals surface area contributed by atoms with Crippen molar-refractivity contribution in [2.24, 2.45) is 5.16 Å². The molecule has 0 bridgehead atoms. The number of alkyl carbamates (subject to hydrolysis) is 1. The number of aliphatic carboxylic acids is 1. The summed E-state index contributed by atoms with van der Waals surface area (Å²) in [5.41, 5.74) is 5.22. The number of carboxylic acids is 1. The second-order valence-corrected chi connectivity index (χ2v) is 10.7. The zero-order chi connectivity index (χ0) is 26.6. The Balaban J connectivity index is 1.60. The van der Waals surface area contributed by atoms with Gasteiger partial charge >= 0.3 is 12.1 Å². The lowest BCUT2D eigenvalue weighted by atomic mass is 10.0. The van der Waals surface area contributed by atoms with Gasteiger partial charge in [0.05, 0.1) is 0 Å². The van der Waals surface area contributed by atoms with Crippen molar-refractivity contribution in [2.75, 3.05) is 24.6 Å². The van der Waals surface area contributed by atoms with Crippen molar-refractivity contribution in [3.63, 3.8) is 0 Å². The topological polar surface area (TPSA) is 198 Å². The number of ether oxygens (including phenoxy) is 1. The summed E-state index contributed by atoms with van der Waals surface area (Å²) in [6.45, 7) is 7.20. The zero-order valence-corrected chi connectivity index (χ0v) is 21.7. The predicted octanol–water partition coefficient (Wildman–Crippen LogP) is 0.514. The highest BCUT2D eigenvalue weighted by Gasteiger charge is 2.54. The number of anilines is 1. The summed E-state index contributed by atoms with van der Waals surface area (Å²) < 4.78 is 9.11. The second-order valence-electron chi connectivity index (χ2n) is 8.81. The van der Waals surface area contributed by atoms with Crippen LogP contribution < -0.4 is 16.4 Å². The van der Waals surface area contributed by atoms with Crippen LogP contribution in [0.15, 0.2) is 16.4 Å². The molecule has 1 aromatic rings. The molecule has 2 aliphatic heterocycles. The number of nitrogen functional groups attached to an aromatic ring is 1. The van der Waals surface area contributed by atoms with E-state index >= 15 is 0 Å². The van der Waals surface area contributed by atoms with Crippen LogP contribution in [0.3, 0.4) is 0 Å². The molecule has 14 nitrogen and oxygen atoms in total. The van der Waals surface area contributed by atoms with Gasteiger partial charge in [0.1, 0.15) is 29.3 Å². The molecule has 3 rings (SSSR count). The molecule has 0 saturated carbocycles. The number of nitrogens with zero attached hydrogens (tertiary/aromatic N) is 4. The Kier molecular flexibility index (Phi) is 8.39. The van der Waals surface area contributed by atoms with Gasteiger partial charge in [-0.25, -0.2) is 9.59 Å². The first-order valence-corrected chi connectivity index (χ1v) is 12.7. The average molecular weight is 542 g/mol. The van der Waals surface area contributed by atoms with Gasteiger partial charge in [-0.2, -0.15) is 9.36 Å². The average Bonchev–Trinajstić information content (AvgIpc) is 3.20. The fraction of sp³-hybridized carbons (Fsp3) is 0.550. The SMILES string of the molecule is CC1=C(C(=O)O)N2C(=O)C(NC(=O)/C(=N/OCCCNC(=O)OC(C)(C)C)c3nsc(N)n3)[C@H]2SC1. The Hall–Kier alpha value is -3.40. The highest BCUT2D eigenvalue weighted by Crippen LogP contribution is 2.40. The van der Waals surface area contributed by atoms with Gasteiger partial charge in [0.25, 0.3) is 11.8 Å². The summed E-state index contributed by atoms with van der Waals surface area (Å²) >= 11 is 2.20. The van der Waals surface area contributed by atoms with E-state index in [1.165, 1.54) is 16.7 Å². The summed E-state index contributed by atoms with van der Waals surface area (Å²) in [6, 6.07) is -0.954. The third kappa shape index (κ3) is 6.42. The number of hydrogen-bond donors (Lipinski definition) is 4. The summed E-state index contributed by atoms with van der Waals surface area (Å²) in [7, 11) is 0. The molecule has 5 N–H and O–H groups in total. The van der Waals surface area contributed by atoms with Crippen LogP contribution in [0.25, 0.3) is 0 Å². The maximum Gasteiger partial charge on any atom is 0.407 e. The molecule has 36 heavy (non-hydrogen) atoms. The van der Waals surface area contributed by atoms with Gasteiger partial charge in [-0.3, -0.25) is 14.5 Å². The predicted molar refractivity (Wildman–Crippen MR) is 131 cm³/mol. The van der Waals surface area contributed by atoms with Crippen LogP contribution >= 0.6 is 23.3 Å². The van der Waals surface area contributed by atoms with Crippen LogP contribution in [0, 0.1) is 0 Å². The number of oxime groups is 1. The maximum absolute atomic E-state index is 13.0. The first-order valence-electron chi connectivity index (χ1n) is 10.8. The lowest BCUT2D eigenvalue weighted by molar-refractivity contribution is -0.150. The molecule has 1 fully saturated rings. The number of rotatable bonds is 9. The molecule has 2 aliphatic rings. The highest BCUT2D eigenvalue weighted by molar-refractivity contribution is 8.00. The first kappa shape index (κ1) is 27.2. The highest BCUT2D eigenvalue weighted by atomic mass is 32.2. The van der Waals surface area contributed by atoms with Crippen molar-refractivity contribution in [1.82, 2.24) is 24.9 Å². The number of hydrogen-bond acceptors (Lipinski definition) is 12. The Morgan fingerprint density at radius 3 is 2.67 bits per heavy atom. The lowest BCUT2D eigenvalue weighted by Crippen LogP contribution is -2.71. The minimum Gasteiger partial charge on any atom is -0.477 e. The number of thioether (sulfide) groups is 1. The van der Waals surface area contributed by atoms with E-state index in [1.807, 2.05) is 0 Å². The van der Waals surface area contributed by atoms with E-state index in [9.17, 15) is 24.3 Å². The Labute approximate surface area is 214 Å². The van der Waals surface area contributed by atoms with Crippen molar-refractivity contribution in [2.45, 2.75) is 51.1 Å². The van der Waals surface area contributed by atoms with E-state index in [2.05, 4.69) is 25.1 Å². The molecule has 0 aromatic carbocycles. The van der Waals surface area contributed by atoms with Crippen LogP contribution in [-0.4, -0.2) is 84.9 Å². The lowest BCUT2D eigenvalue weighted by Gasteiger charge is -2.49. The molecule has 3 heterocycles. The maximum atomic E-state index is 13.0. The van der Waals surface area contributed by atoms with Gasteiger partial charge in [-0.15, -0.1) is 11.8 Å². The van der Waals surface area contributed by atoms with Gasteiger partial charge in [0.15, 0.2) is 5.13 Å². The van der Waals surface area contributed by atoms with E-state index in [0.29, 0.717) is 17.7 Å². The Morgan fingerprint density at radius 1 is 1.33 bits per heavy atom. The van der Waals surface area contributed by atoms with Crippen LogP contribution in [0.1, 0.15) is 39.9 Å². The molecule has 0 radical (unpaired) electrons. The molecule has 3 amide bonds. The molecule has 1 unspecified atom stereocenters. The number of nitrogens with two attached hydrogens (primary N) is 1. The van der Waals surface area contributed by atoms with Crippen LogP contribution in [0.5, 0.6) is 0 Å². The van der Waals surface area contributed by atoms with Crippen LogP contribution in [0.4, 0.5) is 9.93 Å². The number of fused-ring (bicyclic) bond motifs is 1. The molecule has 0 spiro atoms. The molecular weight excluding hydrogens is 514 g/mol. The fourth-order valence-electron chi connectivity index (χ4n) is 3.25. The number of aromatic nitrogens is 2. The molecule has 16 heteroatoms. The number of β-lactam (4-membered cyclic amide) rings is 1. The number of nitrogens with one attached hydrogen (secondary N) is 2. The molecule has 1 saturated heterocycles. The fourth-order valence-corrected chi connectivity index (χ4v) is 4.98. The van der Waals surface area contributed by atoms with Crippen LogP contribution in [-0.2, 0) is 24.0 Å². The largest absolute Gasteiger partial charge is 0.477 e. The van der Waals surface area contributed by atoms with Crippen molar-refractivity contribution in [3.8, 4) is 0 Å². The number of carbonyl (C=O) groups is 4. The monoisotopic (exact) mass is 541 g/mol. The molecule has 2 atom stereocenters. The van der Waals surface area contributed by atoms with E-state index in [0.717, 1.165) is 11.5 Å². The molecule has 196 valence electrons. The van der Waals surface area contributed by atoms with Gasteiger partial charge in [-0.05, 0) is 33.3 Å². The Bertz CT molecular complexity index is 1110. The van der Waals surface area contributed by atoms with E-state index in [4.69, 9.17) is 15.3 Å². The summed E-state index contributed by atoms with van der Waals surface area (Å²) in [6.07, 6.45) is -0.202. The van der Waals surface area contributed by atoms with Gasteiger partial charge < -0.3 is 31.0 Å². The quantitative estimate of drug-likeness (QED) is 0.147. The summed E-state index contributed by atoms with van der Waals surface area (Å²) in [4.78, 5) is 59.2. The van der Waals surface area contributed by atoms with Gasteiger partial charge in [0, 0.05) is 30.3 Å². The van der Waals surface area contributed by atoms with E-state index < -0.39 is 40.9 Å². The smallest absolute Gasteiger partial charge is 0.407 e. The molecule has 0 aliphatic carbocycles. The number of amides is 3. The normalized spacial score (nSPS) is 19.8. The minimum absolute atomic E-state index is 0.0485. The minimum atomic E-state index is -1.20. The molecular formula is C20H27N7O7S2. The first-order chi connectivity index (χ1) is 16.9. The van der Waals surface area contributed by atoms with Crippen molar-refractivity contribution < 1.29 is 33.9 Å². The third-order valence-electron chi connectivity index (χ3n) is 4.75. The van der Waals surface area contributed by atoms with Gasteiger partial charge in [0.2, 0.25) is 11.5 Å². The van der Waals surface area contributed by atoms with Gasteiger partial charge in [-0.1, -0.05) is 5.16 Å². The van der Waals surface area contributed by atoms with Crippen molar-refractivity contribution in [3.05, 3.63) is 17.1 Å². The second kappa shape index (κ2) is 11.1. The van der Waals surface area contributed by atoms with E-state index in [-0.39, 0.29) is 35.5 Å². The zero-order valence-electron chi connectivity index (χ0n) is 20.1. The van der Waals surface area contributed by atoms with Crippen molar-refractivity contribution in [1.29, 1.82) is 0 Å². The van der Waals surface area contributed by atoms with Crippen molar-refractivity contribution >= 4 is 58.0 Å². The molecule has 1 aromatic heterocycles.